The highest BCUT2D eigenvalue weighted by atomic mass is 32.2. The van der Waals surface area contributed by atoms with Gasteiger partial charge in [0.1, 0.15) is 0 Å². The second-order valence-corrected chi connectivity index (χ2v) is 6.39. The standard InChI is InChI=1S/C13H21N3O4S/c1-10(2)20-9-3-8-15-13(17)16-21(18,19)12-6-4-11(14)5-7-12/h4-7,10H,3,8-9,14H2,1-2H3,(H2,15,16,17). The first-order valence-electron chi connectivity index (χ1n) is 6.59. The van der Waals surface area contributed by atoms with Crippen molar-refractivity contribution in [2.75, 3.05) is 18.9 Å². The number of sulfonamides is 1. The predicted octanol–water partition coefficient (Wildman–Crippen LogP) is 1.07. The smallest absolute Gasteiger partial charge is 0.328 e. The summed E-state index contributed by atoms with van der Waals surface area (Å²) >= 11 is 0. The van der Waals surface area contributed by atoms with Crippen molar-refractivity contribution in [2.24, 2.45) is 0 Å². The van der Waals surface area contributed by atoms with Gasteiger partial charge in [0.05, 0.1) is 11.0 Å². The molecule has 21 heavy (non-hydrogen) atoms. The largest absolute Gasteiger partial charge is 0.399 e. The van der Waals surface area contributed by atoms with Gasteiger partial charge in [-0.25, -0.2) is 17.9 Å². The second-order valence-electron chi connectivity index (χ2n) is 4.70. The Morgan fingerprint density at radius 2 is 1.90 bits per heavy atom. The third kappa shape index (κ3) is 6.46. The van der Waals surface area contributed by atoms with Gasteiger partial charge in [-0.2, -0.15) is 0 Å². The van der Waals surface area contributed by atoms with Gasteiger partial charge in [-0.1, -0.05) is 0 Å². The van der Waals surface area contributed by atoms with Crippen molar-refractivity contribution in [3.63, 3.8) is 0 Å². The lowest BCUT2D eigenvalue weighted by Gasteiger charge is -2.10. The van der Waals surface area contributed by atoms with E-state index in [-0.39, 0.29) is 11.0 Å². The van der Waals surface area contributed by atoms with Crippen LogP contribution in [0.3, 0.4) is 0 Å². The molecule has 1 aromatic rings. The summed E-state index contributed by atoms with van der Waals surface area (Å²) in [5, 5.41) is 2.46. The molecule has 1 rings (SSSR count). The lowest BCUT2D eigenvalue weighted by molar-refractivity contribution is 0.0774. The molecule has 0 aliphatic heterocycles. The molecule has 0 radical (unpaired) electrons. The summed E-state index contributed by atoms with van der Waals surface area (Å²) < 4.78 is 31.0. The Kier molecular flexibility index (Phi) is 6.44. The predicted molar refractivity (Wildman–Crippen MR) is 80.3 cm³/mol. The summed E-state index contributed by atoms with van der Waals surface area (Å²) in [6.07, 6.45) is 0.734. The Labute approximate surface area is 124 Å². The Bertz CT molecular complexity index is 555. The maximum Gasteiger partial charge on any atom is 0.328 e. The number of urea groups is 1. The maximum atomic E-state index is 11.9. The summed E-state index contributed by atoms with van der Waals surface area (Å²) in [5.41, 5.74) is 5.93. The van der Waals surface area contributed by atoms with Gasteiger partial charge < -0.3 is 15.8 Å². The minimum absolute atomic E-state index is 0.0185. The number of ether oxygens (including phenoxy) is 1. The zero-order valence-corrected chi connectivity index (χ0v) is 12.9. The van der Waals surface area contributed by atoms with Crippen LogP contribution in [-0.2, 0) is 14.8 Å². The minimum atomic E-state index is -3.88. The molecular formula is C13H21N3O4S. The van der Waals surface area contributed by atoms with Gasteiger partial charge in [0, 0.05) is 18.8 Å². The third-order valence-electron chi connectivity index (χ3n) is 2.48. The highest BCUT2D eigenvalue weighted by molar-refractivity contribution is 7.90. The fourth-order valence-corrected chi connectivity index (χ4v) is 2.39. The van der Waals surface area contributed by atoms with Gasteiger partial charge in [-0.15, -0.1) is 0 Å². The average Bonchev–Trinajstić information content (AvgIpc) is 2.37. The van der Waals surface area contributed by atoms with E-state index in [0.717, 1.165) is 0 Å². The van der Waals surface area contributed by atoms with E-state index in [1.165, 1.54) is 24.3 Å². The lowest BCUT2D eigenvalue weighted by atomic mass is 10.3. The number of nitrogens with two attached hydrogens (primary N) is 1. The molecule has 118 valence electrons. The Hall–Kier alpha value is -1.80. The molecule has 0 saturated heterocycles. The molecule has 2 amide bonds. The minimum Gasteiger partial charge on any atom is -0.399 e. The highest BCUT2D eigenvalue weighted by Gasteiger charge is 2.16. The number of amides is 2. The number of hydrogen-bond acceptors (Lipinski definition) is 5. The van der Waals surface area contributed by atoms with E-state index in [0.29, 0.717) is 25.3 Å². The van der Waals surface area contributed by atoms with Crippen LogP contribution in [0, 0.1) is 0 Å². The summed E-state index contributed by atoms with van der Waals surface area (Å²) in [7, 11) is -3.88. The Morgan fingerprint density at radius 1 is 1.29 bits per heavy atom. The summed E-state index contributed by atoms with van der Waals surface area (Å²) in [6.45, 7) is 4.66. The van der Waals surface area contributed by atoms with Gasteiger partial charge in [-0.05, 0) is 44.5 Å². The normalized spacial score (nSPS) is 11.4. The molecule has 0 bridgehead atoms. The molecule has 0 aliphatic rings. The van der Waals surface area contributed by atoms with E-state index in [2.05, 4.69) is 5.32 Å². The van der Waals surface area contributed by atoms with Gasteiger partial charge >= 0.3 is 6.03 Å². The van der Waals surface area contributed by atoms with Crippen LogP contribution in [0.4, 0.5) is 10.5 Å². The van der Waals surface area contributed by atoms with Crippen LogP contribution in [0.25, 0.3) is 0 Å². The van der Waals surface area contributed by atoms with Crippen LogP contribution < -0.4 is 15.8 Å². The monoisotopic (exact) mass is 315 g/mol. The molecule has 0 aliphatic carbocycles. The van der Waals surface area contributed by atoms with Crippen molar-refractivity contribution in [3.8, 4) is 0 Å². The number of nitrogens with one attached hydrogen (secondary N) is 2. The second kappa shape index (κ2) is 7.84. The number of rotatable bonds is 7. The maximum absolute atomic E-state index is 11.9. The number of hydrogen-bond donors (Lipinski definition) is 3. The van der Waals surface area contributed by atoms with E-state index in [4.69, 9.17) is 10.5 Å². The summed E-state index contributed by atoms with van der Waals surface area (Å²) in [4.78, 5) is 11.5. The average molecular weight is 315 g/mol. The first-order chi connectivity index (χ1) is 9.81. The van der Waals surface area contributed by atoms with Crippen molar-refractivity contribution in [1.82, 2.24) is 10.0 Å². The van der Waals surface area contributed by atoms with Crippen molar-refractivity contribution in [3.05, 3.63) is 24.3 Å². The molecule has 4 N–H and O–H groups in total. The van der Waals surface area contributed by atoms with Gasteiger partial charge in [0.15, 0.2) is 0 Å². The van der Waals surface area contributed by atoms with E-state index < -0.39 is 16.1 Å². The molecule has 0 unspecified atom stereocenters. The highest BCUT2D eigenvalue weighted by Crippen LogP contribution is 2.11. The van der Waals surface area contributed by atoms with Crippen molar-refractivity contribution in [2.45, 2.75) is 31.3 Å². The third-order valence-corrected chi connectivity index (χ3v) is 3.82. The van der Waals surface area contributed by atoms with E-state index in [1.807, 2.05) is 18.6 Å². The van der Waals surface area contributed by atoms with Gasteiger partial charge in [-0.3, -0.25) is 0 Å². The number of benzene rings is 1. The summed E-state index contributed by atoms with van der Waals surface area (Å²) in [5.74, 6) is 0. The van der Waals surface area contributed by atoms with Gasteiger partial charge in [0.25, 0.3) is 10.0 Å². The van der Waals surface area contributed by atoms with Crippen molar-refractivity contribution >= 4 is 21.7 Å². The first-order valence-corrected chi connectivity index (χ1v) is 8.07. The molecule has 8 heteroatoms. The van der Waals surface area contributed by atoms with Crippen molar-refractivity contribution in [1.29, 1.82) is 0 Å². The van der Waals surface area contributed by atoms with Crippen LogP contribution in [0.5, 0.6) is 0 Å². The first kappa shape index (κ1) is 17.3. The SMILES string of the molecule is CC(C)OCCCNC(=O)NS(=O)(=O)c1ccc(N)cc1. The Morgan fingerprint density at radius 3 is 2.48 bits per heavy atom. The fraction of sp³-hybridized carbons (Fsp3) is 0.462. The zero-order chi connectivity index (χ0) is 15.9. The molecule has 0 spiro atoms. The van der Waals surface area contributed by atoms with Crippen LogP contribution in [0.1, 0.15) is 20.3 Å². The topological polar surface area (TPSA) is 111 Å². The molecule has 1 aromatic carbocycles. The number of carbonyl (C=O) groups excluding carboxylic acids is 1. The molecule has 0 saturated carbocycles. The number of anilines is 1. The molecule has 0 fully saturated rings. The summed E-state index contributed by atoms with van der Waals surface area (Å²) in [6, 6.07) is 4.81. The quantitative estimate of drug-likeness (QED) is 0.515. The molecule has 0 atom stereocenters. The molecule has 7 nitrogen and oxygen atoms in total. The molecule has 0 aromatic heterocycles. The fourth-order valence-electron chi connectivity index (χ4n) is 1.46. The van der Waals surface area contributed by atoms with E-state index in [1.54, 1.807) is 0 Å². The molecule has 0 heterocycles. The van der Waals surface area contributed by atoms with Crippen LogP contribution in [0.15, 0.2) is 29.2 Å². The Balaban J connectivity index is 2.41. The van der Waals surface area contributed by atoms with Gasteiger partial charge in [0.2, 0.25) is 0 Å². The van der Waals surface area contributed by atoms with E-state index >= 15 is 0 Å². The van der Waals surface area contributed by atoms with E-state index in [9.17, 15) is 13.2 Å². The zero-order valence-electron chi connectivity index (χ0n) is 12.1. The van der Waals surface area contributed by atoms with Crippen LogP contribution in [-0.4, -0.2) is 33.7 Å². The van der Waals surface area contributed by atoms with Crippen molar-refractivity contribution < 1.29 is 17.9 Å². The van der Waals surface area contributed by atoms with Crippen LogP contribution >= 0.6 is 0 Å². The number of nitrogen functional groups attached to an aromatic ring is 1. The van der Waals surface area contributed by atoms with Crippen LogP contribution in [0.2, 0.25) is 0 Å². The number of carbonyl (C=O) groups is 1. The molecular weight excluding hydrogens is 294 g/mol. The lowest BCUT2D eigenvalue weighted by Crippen LogP contribution is -2.40.